The van der Waals surface area contributed by atoms with E-state index in [2.05, 4.69) is 15.9 Å². The molecule has 0 N–H and O–H groups in total. The molecule has 166 valence electrons. The number of hydrogen-bond acceptors (Lipinski definition) is 3. The number of aryl methyl sites for hydroxylation is 1. The van der Waals surface area contributed by atoms with Crippen molar-refractivity contribution < 1.29 is 12.8 Å². The van der Waals surface area contributed by atoms with Gasteiger partial charge >= 0.3 is 0 Å². The molecule has 32 heavy (non-hydrogen) atoms. The third kappa shape index (κ3) is 4.95. The molecule has 0 radical (unpaired) electrons. The van der Waals surface area contributed by atoms with Gasteiger partial charge in [0.15, 0.2) is 0 Å². The van der Waals surface area contributed by atoms with E-state index in [4.69, 9.17) is 12.2 Å². The standard InChI is InChI=1S/C25H23BrFNO2S2/c1-17-2-7-20-16-22(27)10-13-25(20)28(17)32(29,30)24-11-5-19(6-12-24)15-23(31)14-18-3-8-21(26)9-4-18/h3-6,8-13,16-17H,2,7,14-15H2,1H3. The van der Waals surface area contributed by atoms with Gasteiger partial charge in [-0.05, 0) is 78.9 Å². The fraction of sp³-hybridized carbons (Fsp3) is 0.240. The predicted molar refractivity (Wildman–Crippen MR) is 134 cm³/mol. The normalized spacial score (nSPS) is 16.0. The Morgan fingerprint density at radius 1 is 1.03 bits per heavy atom. The van der Waals surface area contributed by atoms with E-state index in [1.54, 1.807) is 18.2 Å². The molecule has 1 aliphatic heterocycles. The zero-order chi connectivity index (χ0) is 22.9. The first-order valence-corrected chi connectivity index (χ1v) is 13.1. The Bertz CT molecular complexity index is 1240. The van der Waals surface area contributed by atoms with Crippen molar-refractivity contribution in [2.24, 2.45) is 0 Å². The van der Waals surface area contributed by atoms with Crippen molar-refractivity contribution in [2.75, 3.05) is 4.31 Å². The molecule has 0 aromatic heterocycles. The van der Waals surface area contributed by atoms with Crippen LogP contribution in [-0.4, -0.2) is 19.3 Å². The van der Waals surface area contributed by atoms with E-state index < -0.39 is 10.0 Å². The Balaban J connectivity index is 1.52. The minimum Gasteiger partial charge on any atom is -0.263 e. The first-order chi connectivity index (χ1) is 15.2. The van der Waals surface area contributed by atoms with Crippen molar-refractivity contribution in [3.63, 3.8) is 0 Å². The number of thiocarbonyl (C=S) groups is 1. The molecule has 0 saturated heterocycles. The number of nitrogens with zero attached hydrogens (tertiary/aromatic N) is 1. The molecule has 0 aliphatic carbocycles. The van der Waals surface area contributed by atoms with Crippen LogP contribution in [0.25, 0.3) is 0 Å². The average molecular weight is 533 g/mol. The van der Waals surface area contributed by atoms with Gasteiger partial charge < -0.3 is 0 Å². The highest BCUT2D eigenvalue weighted by Gasteiger charge is 2.33. The number of sulfonamides is 1. The summed E-state index contributed by atoms with van der Waals surface area (Å²) in [5, 5.41) is 0. The lowest BCUT2D eigenvalue weighted by Crippen LogP contribution is -2.42. The number of halogens is 2. The maximum absolute atomic E-state index is 13.7. The molecule has 4 rings (SSSR count). The zero-order valence-electron chi connectivity index (χ0n) is 17.6. The Morgan fingerprint density at radius 2 is 1.62 bits per heavy atom. The minimum atomic E-state index is -3.76. The highest BCUT2D eigenvalue weighted by molar-refractivity contribution is 9.10. The predicted octanol–water partition coefficient (Wildman–Crippen LogP) is 6.27. The SMILES string of the molecule is CC1CCc2cc(F)ccc2N1S(=O)(=O)c1ccc(CC(=S)Cc2ccc(Br)cc2)cc1. The van der Waals surface area contributed by atoms with Crippen LogP contribution in [0.4, 0.5) is 10.1 Å². The lowest BCUT2D eigenvalue weighted by atomic mass is 9.99. The number of benzene rings is 3. The summed E-state index contributed by atoms with van der Waals surface area (Å²) in [5.74, 6) is -0.348. The molecular formula is C25H23BrFNO2S2. The molecule has 1 heterocycles. The van der Waals surface area contributed by atoms with Crippen LogP contribution in [0.15, 0.2) is 76.1 Å². The van der Waals surface area contributed by atoms with E-state index in [1.807, 2.05) is 43.3 Å². The van der Waals surface area contributed by atoms with E-state index in [0.717, 1.165) is 26.0 Å². The van der Waals surface area contributed by atoms with Gasteiger partial charge in [-0.3, -0.25) is 4.31 Å². The van der Waals surface area contributed by atoms with Gasteiger partial charge in [-0.15, -0.1) is 0 Å². The second-order valence-corrected chi connectivity index (χ2v) is 11.4. The van der Waals surface area contributed by atoms with Crippen LogP contribution in [0.2, 0.25) is 0 Å². The van der Waals surface area contributed by atoms with E-state index in [1.165, 1.54) is 16.4 Å². The molecule has 1 unspecified atom stereocenters. The van der Waals surface area contributed by atoms with Gasteiger partial charge in [-0.25, -0.2) is 12.8 Å². The molecule has 0 saturated carbocycles. The maximum atomic E-state index is 13.7. The molecule has 0 fully saturated rings. The van der Waals surface area contributed by atoms with Crippen molar-refractivity contribution in [3.05, 3.63) is 93.7 Å². The van der Waals surface area contributed by atoms with Crippen LogP contribution in [0.1, 0.15) is 30.0 Å². The summed E-state index contributed by atoms with van der Waals surface area (Å²) in [6, 6.07) is 19.1. The molecule has 1 atom stereocenters. The van der Waals surface area contributed by atoms with Crippen LogP contribution >= 0.6 is 28.1 Å². The first kappa shape index (κ1) is 23.1. The largest absolute Gasteiger partial charge is 0.264 e. The molecule has 3 aromatic rings. The smallest absolute Gasteiger partial charge is 0.263 e. The summed E-state index contributed by atoms with van der Waals surface area (Å²) in [5.41, 5.74) is 3.40. The summed E-state index contributed by atoms with van der Waals surface area (Å²) in [4.78, 5) is 1.12. The molecular weight excluding hydrogens is 509 g/mol. The molecule has 7 heteroatoms. The zero-order valence-corrected chi connectivity index (χ0v) is 20.8. The van der Waals surface area contributed by atoms with Crippen molar-refractivity contribution in [2.45, 2.75) is 43.5 Å². The summed E-state index contributed by atoms with van der Waals surface area (Å²) >= 11 is 8.99. The summed E-state index contributed by atoms with van der Waals surface area (Å²) < 4.78 is 43.0. The quantitative estimate of drug-likeness (QED) is 0.351. The Labute approximate surface area is 202 Å². The summed E-state index contributed by atoms with van der Waals surface area (Å²) in [6.07, 6.45) is 2.61. The van der Waals surface area contributed by atoms with Crippen molar-refractivity contribution in [1.29, 1.82) is 0 Å². The highest BCUT2D eigenvalue weighted by Crippen LogP contribution is 2.35. The monoisotopic (exact) mass is 531 g/mol. The lowest BCUT2D eigenvalue weighted by Gasteiger charge is -2.36. The van der Waals surface area contributed by atoms with Gasteiger partial charge in [0.05, 0.1) is 10.6 Å². The first-order valence-electron chi connectivity index (χ1n) is 10.4. The fourth-order valence-electron chi connectivity index (χ4n) is 4.07. The fourth-order valence-corrected chi connectivity index (χ4v) is 6.39. The third-order valence-corrected chi connectivity index (χ3v) is 8.47. The number of hydrogen-bond donors (Lipinski definition) is 0. The Morgan fingerprint density at radius 3 is 2.25 bits per heavy atom. The molecule has 3 nitrogen and oxygen atoms in total. The van der Waals surface area contributed by atoms with E-state index >= 15 is 0 Å². The van der Waals surface area contributed by atoms with Gasteiger partial charge in [-0.1, -0.05) is 52.4 Å². The van der Waals surface area contributed by atoms with Crippen LogP contribution in [-0.2, 0) is 29.3 Å². The molecule has 0 spiro atoms. The number of anilines is 1. The lowest BCUT2D eigenvalue weighted by molar-refractivity contribution is 0.560. The second kappa shape index (κ2) is 9.41. The number of fused-ring (bicyclic) bond motifs is 1. The highest BCUT2D eigenvalue weighted by atomic mass is 79.9. The maximum Gasteiger partial charge on any atom is 0.264 e. The minimum absolute atomic E-state index is 0.198. The summed E-state index contributed by atoms with van der Waals surface area (Å²) in [7, 11) is -3.76. The molecule has 1 aliphatic rings. The molecule has 0 amide bonds. The average Bonchev–Trinajstić information content (AvgIpc) is 2.75. The third-order valence-electron chi connectivity index (χ3n) is 5.71. The van der Waals surface area contributed by atoms with Crippen LogP contribution in [0.5, 0.6) is 0 Å². The Hall–Kier alpha value is -2.09. The van der Waals surface area contributed by atoms with Crippen LogP contribution in [0.3, 0.4) is 0 Å². The van der Waals surface area contributed by atoms with E-state index in [9.17, 15) is 12.8 Å². The van der Waals surface area contributed by atoms with E-state index in [0.29, 0.717) is 31.4 Å². The van der Waals surface area contributed by atoms with Crippen molar-refractivity contribution in [3.8, 4) is 0 Å². The summed E-state index contributed by atoms with van der Waals surface area (Å²) in [6.45, 7) is 1.89. The van der Waals surface area contributed by atoms with Gasteiger partial charge in [0.2, 0.25) is 0 Å². The van der Waals surface area contributed by atoms with Crippen molar-refractivity contribution in [1.82, 2.24) is 0 Å². The van der Waals surface area contributed by atoms with Crippen LogP contribution in [0, 0.1) is 5.82 Å². The van der Waals surface area contributed by atoms with Gasteiger partial charge in [0.1, 0.15) is 5.82 Å². The Kier molecular flexibility index (Phi) is 6.79. The van der Waals surface area contributed by atoms with Gasteiger partial charge in [-0.2, -0.15) is 0 Å². The van der Waals surface area contributed by atoms with E-state index in [-0.39, 0.29) is 16.8 Å². The van der Waals surface area contributed by atoms with Gasteiger partial charge in [0.25, 0.3) is 10.0 Å². The molecule has 3 aromatic carbocycles. The molecule has 0 bridgehead atoms. The van der Waals surface area contributed by atoms with Crippen LogP contribution < -0.4 is 4.31 Å². The number of rotatable bonds is 6. The second-order valence-electron chi connectivity index (χ2n) is 8.12. The van der Waals surface area contributed by atoms with Crippen molar-refractivity contribution >= 4 is 48.7 Å². The van der Waals surface area contributed by atoms with Gasteiger partial charge in [0, 0.05) is 28.2 Å². The topological polar surface area (TPSA) is 37.4 Å².